The molecule has 0 amide bonds. The minimum atomic E-state index is -3.77. The van der Waals surface area contributed by atoms with E-state index in [0.717, 1.165) is 23.7 Å². The number of aliphatic hydroxyl groups excluding tert-OH is 1. The molecule has 0 bridgehead atoms. The van der Waals surface area contributed by atoms with E-state index in [4.69, 9.17) is 0 Å². The molecule has 0 aliphatic rings. The van der Waals surface area contributed by atoms with Gasteiger partial charge in [-0.15, -0.1) is 11.3 Å². The third-order valence-electron chi connectivity index (χ3n) is 2.95. The first-order valence-corrected chi connectivity index (χ1v) is 8.91. The van der Waals surface area contributed by atoms with Gasteiger partial charge in [-0.2, -0.15) is 5.10 Å². The molecule has 8 nitrogen and oxygen atoms in total. The summed E-state index contributed by atoms with van der Waals surface area (Å²) in [5, 5.41) is 17.2. The lowest BCUT2D eigenvalue weighted by atomic mass is 10.3. The molecule has 122 valence electrons. The highest BCUT2D eigenvalue weighted by Gasteiger charge is 2.22. The van der Waals surface area contributed by atoms with Gasteiger partial charge in [0.05, 0.1) is 4.90 Å². The molecule has 0 radical (unpaired) electrons. The summed E-state index contributed by atoms with van der Waals surface area (Å²) in [5.41, 5.74) is -0.0117. The van der Waals surface area contributed by atoms with Gasteiger partial charge in [-0.1, -0.05) is 18.2 Å². The lowest BCUT2D eigenvalue weighted by Crippen LogP contribution is -2.02. The molecule has 0 atom stereocenters. The summed E-state index contributed by atoms with van der Waals surface area (Å²) < 4.78 is 24.7. The van der Waals surface area contributed by atoms with Crippen molar-refractivity contribution < 1.29 is 18.3 Å². The number of sulfone groups is 1. The van der Waals surface area contributed by atoms with Crippen LogP contribution in [-0.2, 0) is 9.84 Å². The zero-order chi connectivity index (χ0) is 17.2. The number of ketones is 1. The minimum absolute atomic E-state index is 0.0117. The fourth-order valence-electron chi connectivity index (χ4n) is 1.79. The third kappa shape index (κ3) is 3.09. The van der Waals surface area contributed by atoms with Crippen LogP contribution in [0.1, 0.15) is 16.3 Å². The number of benzene rings is 1. The summed E-state index contributed by atoms with van der Waals surface area (Å²) in [4.78, 5) is 19.5. The van der Waals surface area contributed by atoms with E-state index in [2.05, 4.69) is 20.2 Å². The molecule has 0 unspecified atom stereocenters. The van der Waals surface area contributed by atoms with Gasteiger partial charge in [0.25, 0.3) is 0 Å². The second kappa shape index (κ2) is 6.34. The number of nitrogens with one attached hydrogen (secondary N) is 1. The van der Waals surface area contributed by atoms with Crippen molar-refractivity contribution in [2.45, 2.75) is 9.24 Å². The van der Waals surface area contributed by atoms with Crippen molar-refractivity contribution in [3.05, 3.63) is 59.6 Å². The number of carbonyl (C=O) groups excluding carboxylic acids is 1. The standard InChI is InChI=1S/C14H10N4O4S2/c19-11(6-12(20)13-15-8-16-18-13)10-7-23-14(17-10)24(21,22)9-4-2-1-3-5-9/h1-8,19H,(H,15,16,18). The topological polar surface area (TPSA) is 126 Å². The summed E-state index contributed by atoms with van der Waals surface area (Å²) in [6.45, 7) is 0. The molecule has 2 heterocycles. The monoisotopic (exact) mass is 362 g/mol. The largest absolute Gasteiger partial charge is 0.506 e. The number of aliphatic hydroxyl groups is 1. The summed E-state index contributed by atoms with van der Waals surface area (Å²) in [5.74, 6) is -1.11. The van der Waals surface area contributed by atoms with Gasteiger partial charge in [0.1, 0.15) is 17.8 Å². The molecular formula is C14H10N4O4S2. The van der Waals surface area contributed by atoms with E-state index in [-0.39, 0.29) is 20.8 Å². The number of rotatable bonds is 5. The molecule has 3 rings (SSSR count). The van der Waals surface area contributed by atoms with Gasteiger partial charge < -0.3 is 5.11 Å². The van der Waals surface area contributed by atoms with Crippen LogP contribution >= 0.6 is 11.3 Å². The lowest BCUT2D eigenvalue weighted by Gasteiger charge is -1.99. The molecule has 2 aromatic heterocycles. The van der Waals surface area contributed by atoms with E-state index in [1.807, 2.05) is 0 Å². The first kappa shape index (κ1) is 16.0. The molecule has 0 saturated carbocycles. The highest BCUT2D eigenvalue weighted by atomic mass is 32.2. The predicted octanol–water partition coefficient (Wildman–Crippen LogP) is 1.88. The number of allylic oxidation sites excluding steroid dienone is 1. The molecule has 0 aliphatic carbocycles. The maximum Gasteiger partial charge on any atom is 0.233 e. The van der Waals surface area contributed by atoms with Crippen LogP contribution in [0.25, 0.3) is 5.76 Å². The second-order valence-corrected chi connectivity index (χ2v) is 7.52. The first-order valence-electron chi connectivity index (χ1n) is 6.55. The molecule has 0 aliphatic heterocycles. The van der Waals surface area contributed by atoms with Gasteiger partial charge in [-0.3, -0.25) is 9.89 Å². The number of H-pyrrole nitrogens is 1. The maximum absolute atomic E-state index is 12.4. The minimum Gasteiger partial charge on any atom is -0.506 e. The normalized spacial score (nSPS) is 12.2. The van der Waals surface area contributed by atoms with Crippen LogP contribution in [-0.4, -0.2) is 39.5 Å². The Balaban J connectivity index is 1.89. The average Bonchev–Trinajstić information content (AvgIpc) is 3.27. The fourth-order valence-corrected chi connectivity index (χ4v) is 4.20. The van der Waals surface area contributed by atoms with Crippen molar-refractivity contribution in [3.63, 3.8) is 0 Å². The van der Waals surface area contributed by atoms with Gasteiger partial charge in [0, 0.05) is 11.5 Å². The van der Waals surface area contributed by atoms with Crippen molar-refractivity contribution in [1.82, 2.24) is 20.2 Å². The molecule has 3 aromatic rings. The van der Waals surface area contributed by atoms with Crippen LogP contribution in [0.2, 0.25) is 0 Å². The van der Waals surface area contributed by atoms with E-state index in [0.29, 0.717) is 0 Å². The molecule has 10 heteroatoms. The summed E-state index contributed by atoms with van der Waals surface area (Å²) in [6, 6.07) is 7.83. The molecule has 24 heavy (non-hydrogen) atoms. The fraction of sp³-hybridized carbons (Fsp3) is 0. The van der Waals surface area contributed by atoms with Gasteiger partial charge >= 0.3 is 0 Å². The summed E-state index contributed by atoms with van der Waals surface area (Å²) in [6.07, 6.45) is 2.06. The van der Waals surface area contributed by atoms with E-state index >= 15 is 0 Å². The summed E-state index contributed by atoms with van der Waals surface area (Å²) in [7, 11) is -3.77. The van der Waals surface area contributed by atoms with Crippen LogP contribution in [0.3, 0.4) is 0 Å². The molecule has 0 fully saturated rings. The number of carbonyl (C=O) groups is 1. The third-order valence-corrected chi connectivity index (χ3v) is 5.97. The van der Waals surface area contributed by atoms with Crippen molar-refractivity contribution in [2.24, 2.45) is 0 Å². The molecular weight excluding hydrogens is 352 g/mol. The lowest BCUT2D eigenvalue weighted by molar-refractivity contribution is 0.103. The van der Waals surface area contributed by atoms with Crippen molar-refractivity contribution in [2.75, 3.05) is 0 Å². The van der Waals surface area contributed by atoms with Gasteiger partial charge in [-0.05, 0) is 12.1 Å². The zero-order valence-electron chi connectivity index (χ0n) is 11.9. The second-order valence-electron chi connectivity index (χ2n) is 4.54. The average molecular weight is 362 g/mol. The SMILES string of the molecule is O=C(C=C(O)c1csc(S(=O)(=O)c2ccccc2)n1)c1ncn[nH]1. The molecule has 0 spiro atoms. The van der Waals surface area contributed by atoms with Gasteiger partial charge in [0.15, 0.2) is 5.82 Å². The number of thiazole rings is 1. The van der Waals surface area contributed by atoms with E-state index in [1.54, 1.807) is 18.2 Å². The molecule has 0 saturated heterocycles. The highest BCUT2D eigenvalue weighted by molar-refractivity contribution is 7.93. The van der Waals surface area contributed by atoms with Crippen molar-refractivity contribution in [3.8, 4) is 0 Å². The smallest absolute Gasteiger partial charge is 0.233 e. The number of nitrogens with zero attached hydrogens (tertiary/aromatic N) is 3. The van der Waals surface area contributed by atoms with Crippen LogP contribution < -0.4 is 0 Å². The maximum atomic E-state index is 12.4. The van der Waals surface area contributed by atoms with Crippen LogP contribution in [0.15, 0.2) is 57.4 Å². The first-order chi connectivity index (χ1) is 11.5. The highest BCUT2D eigenvalue weighted by Crippen LogP contribution is 2.26. The van der Waals surface area contributed by atoms with E-state index < -0.39 is 21.4 Å². The Morgan fingerprint density at radius 2 is 2.00 bits per heavy atom. The van der Waals surface area contributed by atoms with Gasteiger partial charge in [-0.25, -0.2) is 18.4 Å². The number of hydrogen-bond acceptors (Lipinski definition) is 8. The molecule has 2 N–H and O–H groups in total. The Kier molecular flexibility index (Phi) is 4.23. The van der Waals surface area contributed by atoms with Crippen LogP contribution in [0.4, 0.5) is 0 Å². The Bertz CT molecular complexity index is 993. The molecule has 1 aromatic carbocycles. The van der Waals surface area contributed by atoms with Crippen molar-refractivity contribution in [1.29, 1.82) is 0 Å². The quantitative estimate of drug-likeness (QED) is 0.403. The van der Waals surface area contributed by atoms with Crippen molar-refractivity contribution >= 4 is 32.7 Å². The Morgan fingerprint density at radius 3 is 2.67 bits per heavy atom. The van der Waals surface area contributed by atoms with Crippen LogP contribution in [0.5, 0.6) is 0 Å². The van der Waals surface area contributed by atoms with Crippen LogP contribution in [0, 0.1) is 0 Å². The number of hydrogen-bond donors (Lipinski definition) is 2. The van der Waals surface area contributed by atoms with E-state index in [9.17, 15) is 18.3 Å². The predicted molar refractivity (Wildman–Crippen MR) is 85.3 cm³/mol. The Labute approximate surface area is 140 Å². The zero-order valence-corrected chi connectivity index (χ0v) is 13.6. The Hall–Kier alpha value is -2.85. The number of aromatic amines is 1. The van der Waals surface area contributed by atoms with Gasteiger partial charge in [0.2, 0.25) is 20.0 Å². The number of aromatic nitrogens is 4. The van der Waals surface area contributed by atoms with E-state index in [1.165, 1.54) is 17.5 Å². The summed E-state index contributed by atoms with van der Waals surface area (Å²) >= 11 is 0.857. The Morgan fingerprint density at radius 1 is 1.25 bits per heavy atom.